The van der Waals surface area contributed by atoms with Crippen LogP contribution in [-0.2, 0) is 0 Å². The Bertz CT molecular complexity index is 1090. The number of hydrogen-bond acceptors (Lipinski definition) is 2. The molecule has 4 rings (SSSR count). The molecule has 1 fully saturated rings. The topological polar surface area (TPSA) is 33.1 Å². The number of halogens is 1. The van der Waals surface area contributed by atoms with Crippen LogP contribution in [0.3, 0.4) is 0 Å². The predicted molar refractivity (Wildman–Crippen MR) is 132 cm³/mol. The molecule has 3 heterocycles. The molecule has 2 aromatic heterocycles. The number of benzene rings is 1. The summed E-state index contributed by atoms with van der Waals surface area (Å²) in [5.74, 6) is 0. The van der Waals surface area contributed by atoms with E-state index in [1.54, 1.807) is 0 Å². The molecule has 0 aliphatic carbocycles. The highest BCUT2D eigenvalue weighted by molar-refractivity contribution is 7.80. The zero-order valence-corrected chi connectivity index (χ0v) is 20.1. The quantitative estimate of drug-likeness (QED) is 0.450. The van der Waals surface area contributed by atoms with E-state index in [2.05, 4.69) is 65.7 Å². The Hall–Kier alpha value is -2.37. The zero-order chi connectivity index (χ0) is 22.1. The molecule has 0 radical (unpaired) electrons. The summed E-state index contributed by atoms with van der Waals surface area (Å²) in [5.41, 5.74) is 7.00. The van der Waals surface area contributed by atoms with Crippen LogP contribution in [0.25, 0.3) is 5.69 Å². The molecule has 0 amide bonds. The normalized spacial score (nSPS) is 18.5. The maximum Gasteiger partial charge on any atom is 0.170 e. The molecule has 1 N–H and O–H groups in total. The van der Waals surface area contributed by atoms with Crippen LogP contribution < -0.4 is 5.32 Å². The number of pyridine rings is 1. The third-order valence-corrected chi connectivity index (χ3v) is 6.74. The van der Waals surface area contributed by atoms with Crippen LogP contribution in [0, 0.1) is 20.8 Å². The number of nitrogens with one attached hydrogen (secondary N) is 1. The number of thiocarbonyl (C=S) groups is 1. The van der Waals surface area contributed by atoms with Crippen LogP contribution in [0.2, 0.25) is 5.02 Å². The first kappa shape index (κ1) is 21.8. The number of rotatable bonds is 6. The van der Waals surface area contributed by atoms with E-state index in [1.165, 1.54) is 22.5 Å². The van der Waals surface area contributed by atoms with Crippen LogP contribution in [-0.4, -0.2) is 26.1 Å². The number of unbranched alkanes of at least 4 members (excludes halogenated alkanes) is 1. The van der Waals surface area contributed by atoms with Gasteiger partial charge in [0.05, 0.1) is 17.8 Å². The Morgan fingerprint density at radius 3 is 2.65 bits per heavy atom. The molecule has 3 aromatic rings. The van der Waals surface area contributed by atoms with Gasteiger partial charge >= 0.3 is 0 Å². The van der Waals surface area contributed by atoms with Crippen molar-refractivity contribution < 1.29 is 0 Å². The lowest BCUT2D eigenvalue weighted by atomic mass is 9.96. The minimum atomic E-state index is 0.0139. The molecule has 1 aliphatic heterocycles. The Morgan fingerprint density at radius 2 is 1.94 bits per heavy atom. The van der Waals surface area contributed by atoms with E-state index in [-0.39, 0.29) is 12.1 Å². The minimum absolute atomic E-state index is 0.0139. The lowest BCUT2D eigenvalue weighted by Gasteiger charge is -2.28. The summed E-state index contributed by atoms with van der Waals surface area (Å²) in [4.78, 5) is 7.00. The van der Waals surface area contributed by atoms with Crippen LogP contribution in [0.4, 0.5) is 0 Å². The minimum Gasteiger partial charge on any atom is -0.352 e. The maximum atomic E-state index is 6.35. The monoisotopic (exact) mass is 452 g/mol. The van der Waals surface area contributed by atoms with Crippen molar-refractivity contribution in [1.29, 1.82) is 0 Å². The smallest absolute Gasteiger partial charge is 0.170 e. The second kappa shape index (κ2) is 9.01. The third-order valence-electron chi connectivity index (χ3n) is 6.15. The van der Waals surface area contributed by atoms with Crippen LogP contribution >= 0.6 is 23.8 Å². The van der Waals surface area contributed by atoms with Gasteiger partial charge in [0, 0.05) is 34.8 Å². The molecular formula is C25H29ClN4S. The molecule has 2 atom stereocenters. The number of aryl methyl sites for hydroxylation is 2. The van der Waals surface area contributed by atoms with E-state index in [4.69, 9.17) is 23.8 Å². The van der Waals surface area contributed by atoms with Crippen molar-refractivity contribution in [3.05, 3.63) is 81.9 Å². The summed E-state index contributed by atoms with van der Waals surface area (Å²) < 4.78 is 2.31. The number of aromatic nitrogens is 2. The molecule has 0 saturated carbocycles. The lowest BCUT2D eigenvalue weighted by Crippen LogP contribution is -2.30. The van der Waals surface area contributed by atoms with Crippen molar-refractivity contribution in [2.24, 2.45) is 0 Å². The molecule has 1 aliphatic rings. The fourth-order valence-corrected chi connectivity index (χ4v) is 5.09. The van der Waals surface area contributed by atoms with Crippen molar-refractivity contribution >= 4 is 28.9 Å². The average molecular weight is 453 g/mol. The molecule has 1 aromatic carbocycles. The summed E-state index contributed by atoms with van der Waals surface area (Å²) >= 11 is 12.1. The molecule has 162 valence electrons. The largest absolute Gasteiger partial charge is 0.352 e. The molecule has 0 spiro atoms. The van der Waals surface area contributed by atoms with E-state index >= 15 is 0 Å². The van der Waals surface area contributed by atoms with Crippen molar-refractivity contribution in [1.82, 2.24) is 19.8 Å². The SMILES string of the molecule is CCCCN1C(=S)N[C@@H](c2ccccn2)[C@H]1c1cc(C)n(-c2cc(Cl)ccc2C)c1C. The summed E-state index contributed by atoms with van der Waals surface area (Å²) in [6.07, 6.45) is 4.07. The highest BCUT2D eigenvalue weighted by Gasteiger charge is 2.41. The predicted octanol–water partition coefficient (Wildman–Crippen LogP) is 6.22. The molecule has 0 bridgehead atoms. The standard InChI is InChI=1S/C25H29ClN4S/c1-5-6-13-29-24(23(28-25(29)31)21-9-7-8-12-27-21)20-14-17(3)30(18(20)4)22-15-19(26)11-10-16(22)2/h7-12,14-15,23-24H,5-6,13H2,1-4H3,(H,28,31)/t23-,24+/m0/s1. The van der Waals surface area contributed by atoms with Crippen molar-refractivity contribution in [3.63, 3.8) is 0 Å². The molecule has 0 unspecified atom stereocenters. The summed E-state index contributed by atoms with van der Waals surface area (Å²) in [7, 11) is 0. The van der Waals surface area contributed by atoms with Gasteiger partial charge in [0.15, 0.2) is 5.11 Å². The highest BCUT2D eigenvalue weighted by atomic mass is 35.5. The summed E-state index contributed by atoms with van der Waals surface area (Å²) in [6.45, 7) is 9.61. The van der Waals surface area contributed by atoms with E-state index < -0.39 is 0 Å². The fourth-order valence-electron chi connectivity index (χ4n) is 4.59. The van der Waals surface area contributed by atoms with Crippen LogP contribution in [0.1, 0.15) is 60.1 Å². The number of nitrogens with zero attached hydrogens (tertiary/aromatic N) is 3. The second-order valence-electron chi connectivity index (χ2n) is 8.27. The Kier molecular flexibility index (Phi) is 6.35. The van der Waals surface area contributed by atoms with Gasteiger partial charge in [-0.25, -0.2) is 0 Å². The van der Waals surface area contributed by atoms with Gasteiger partial charge in [-0.2, -0.15) is 0 Å². The van der Waals surface area contributed by atoms with Crippen molar-refractivity contribution in [2.45, 2.75) is 52.6 Å². The van der Waals surface area contributed by atoms with Gasteiger partial charge in [0.1, 0.15) is 0 Å². The van der Waals surface area contributed by atoms with Gasteiger partial charge in [0.2, 0.25) is 0 Å². The summed E-state index contributed by atoms with van der Waals surface area (Å²) in [5, 5.41) is 5.11. The van der Waals surface area contributed by atoms with Crippen LogP contribution in [0.5, 0.6) is 0 Å². The summed E-state index contributed by atoms with van der Waals surface area (Å²) in [6, 6.07) is 14.5. The number of hydrogen-bond donors (Lipinski definition) is 1. The molecular weight excluding hydrogens is 424 g/mol. The van der Waals surface area contributed by atoms with Crippen molar-refractivity contribution in [3.8, 4) is 5.69 Å². The second-order valence-corrected chi connectivity index (χ2v) is 9.09. The van der Waals surface area contributed by atoms with Crippen molar-refractivity contribution in [2.75, 3.05) is 6.54 Å². The zero-order valence-electron chi connectivity index (χ0n) is 18.5. The average Bonchev–Trinajstić information content (AvgIpc) is 3.24. The van der Waals surface area contributed by atoms with E-state index in [0.717, 1.165) is 40.9 Å². The van der Waals surface area contributed by atoms with Gasteiger partial charge in [0.25, 0.3) is 0 Å². The Balaban J connectivity index is 1.84. The van der Waals surface area contributed by atoms with Gasteiger partial charge in [-0.05, 0) is 80.9 Å². The first-order valence-corrected chi connectivity index (χ1v) is 11.6. The highest BCUT2D eigenvalue weighted by Crippen LogP contribution is 2.41. The molecule has 31 heavy (non-hydrogen) atoms. The molecule has 6 heteroatoms. The molecule has 1 saturated heterocycles. The van der Waals surface area contributed by atoms with Crippen LogP contribution in [0.15, 0.2) is 48.7 Å². The van der Waals surface area contributed by atoms with Gasteiger partial charge in [-0.3, -0.25) is 4.98 Å². The Labute approximate surface area is 195 Å². The van der Waals surface area contributed by atoms with Gasteiger partial charge in [-0.15, -0.1) is 0 Å². The lowest BCUT2D eigenvalue weighted by molar-refractivity contribution is 0.312. The maximum absolute atomic E-state index is 6.35. The van der Waals surface area contributed by atoms with E-state index in [1.807, 2.05) is 30.5 Å². The molecule has 4 nitrogen and oxygen atoms in total. The fraction of sp³-hybridized carbons (Fsp3) is 0.360. The Morgan fingerprint density at radius 1 is 1.13 bits per heavy atom. The first-order valence-electron chi connectivity index (χ1n) is 10.9. The van der Waals surface area contributed by atoms with E-state index in [9.17, 15) is 0 Å². The van der Waals surface area contributed by atoms with Gasteiger partial charge in [-0.1, -0.05) is 37.1 Å². The van der Waals surface area contributed by atoms with E-state index in [0.29, 0.717) is 0 Å². The third kappa shape index (κ3) is 4.09. The van der Waals surface area contributed by atoms with Gasteiger partial charge < -0.3 is 14.8 Å². The first-order chi connectivity index (χ1) is 14.9.